The monoisotopic (exact) mass is 258 g/mol. The normalized spacial score (nSPS) is 20.8. The molecule has 0 aromatic heterocycles. The fraction of sp³-hybridized carbons (Fsp3) is 0.833. The summed E-state index contributed by atoms with van der Waals surface area (Å²) in [6.07, 6.45) is 2.99. The first-order valence-corrected chi connectivity index (χ1v) is 9.44. The van der Waals surface area contributed by atoms with Gasteiger partial charge < -0.3 is 9.16 Å². The Balaban J connectivity index is 2.23. The van der Waals surface area contributed by atoms with Crippen molar-refractivity contribution in [2.45, 2.75) is 51.7 Å². The largest absolute Gasteiger partial charge is 0.417 e. The van der Waals surface area contributed by atoms with Gasteiger partial charge in [-0.05, 0) is 32.0 Å². The molecule has 17 heavy (non-hydrogen) atoms. The number of esters is 2. The minimum absolute atomic E-state index is 0.210. The van der Waals surface area contributed by atoms with Crippen LogP contribution in [-0.2, 0) is 18.8 Å². The Labute approximate surface area is 104 Å². The lowest BCUT2D eigenvalue weighted by atomic mass is 10.0. The molecule has 0 amide bonds. The fourth-order valence-electron chi connectivity index (χ4n) is 1.97. The standard InChI is InChI=1S/C12H22O4Si/c1-4-7-15-17(2,3)8-5-6-10-9-11(13)16-12(10)14/h10H,4-9H2,1-3H3. The van der Waals surface area contributed by atoms with Gasteiger partial charge in [0.15, 0.2) is 8.32 Å². The van der Waals surface area contributed by atoms with Crippen molar-refractivity contribution in [3.05, 3.63) is 0 Å². The highest BCUT2D eigenvalue weighted by molar-refractivity contribution is 6.71. The Morgan fingerprint density at radius 3 is 2.65 bits per heavy atom. The summed E-state index contributed by atoms with van der Waals surface area (Å²) in [5.74, 6) is -0.929. The molecule has 1 heterocycles. The van der Waals surface area contributed by atoms with Crippen LogP contribution in [0.3, 0.4) is 0 Å². The van der Waals surface area contributed by atoms with Gasteiger partial charge >= 0.3 is 11.9 Å². The predicted octanol–water partition coefficient (Wildman–Crippen LogP) is 2.49. The highest BCUT2D eigenvalue weighted by atomic mass is 28.4. The summed E-state index contributed by atoms with van der Waals surface area (Å²) in [5.41, 5.74) is 0. The minimum atomic E-state index is -1.57. The highest BCUT2D eigenvalue weighted by Gasteiger charge is 2.33. The van der Waals surface area contributed by atoms with Gasteiger partial charge in [0.05, 0.1) is 12.3 Å². The summed E-state index contributed by atoms with van der Waals surface area (Å²) in [6.45, 7) is 7.31. The minimum Gasteiger partial charge on any atom is -0.417 e. The van der Waals surface area contributed by atoms with Crippen LogP contribution in [0.5, 0.6) is 0 Å². The Kier molecular flexibility index (Phi) is 5.33. The second-order valence-corrected chi connectivity index (χ2v) is 9.50. The Morgan fingerprint density at radius 1 is 1.41 bits per heavy atom. The number of cyclic esters (lactones) is 2. The molecule has 0 N–H and O–H groups in total. The van der Waals surface area contributed by atoms with Crippen molar-refractivity contribution in [3.8, 4) is 0 Å². The van der Waals surface area contributed by atoms with E-state index in [-0.39, 0.29) is 24.3 Å². The van der Waals surface area contributed by atoms with E-state index in [0.717, 1.165) is 31.9 Å². The van der Waals surface area contributed by atoms with E-state index in [1.165, 1.54) is 0 Å². The van der Waals surface area contributed by atoms with E-state index >= 15 is 0 Å². The molecule has 98 valence electrons. The first-order chi connectivity index (χ1) is 7.94. The smallest absolute Gasteiger partial charge is 0.317 e. The summed E-state index contributed by atoms with van der Waals surface area (Å²) in [5, 5.41) is 0. The van der Waals surface area contributed by atoms with Gasteiger partial charge in [-0.3, -0.25) is 9.59 Å². The van der Waals surface area contributed by atoms with Gasteiger partial charge in [0.1, 0.15) is 0 Å². The SMILES string of the molecule is CCCO[Si](C)(C)CCCC1CC(=O)OC1=O. The van der Waals surface area contributed by atoms with Crippen molar-refractivity contribution < 1.29 is 18.8 Å². The van der Waals surface area contributed by atoms with Crippen molar-refractivity contribution in [2.24, 2.45) is 5.92 Å². The molecule has 1 saturated heterocycles. The van der Waals surface area contributed by atoms with Gasteiger partial charge in [0.25, 0.3) is 0 Å². The van der Waals surface area contributed by atoms with E-state index in [1.54, 1.807) is 0 Å². The number of hydrogen-bond donors (Lipinski definition) is 0. The van der Waals surface area contributed by atoms with Crippen LogP contribution in [0.1, 0.15) is 32.6 Å². The molecule has 1 aliphatic rings. The molecule has 0 aromatic carbocycles. The number of carbonyl (C=O) groups excluding carboxylic acids is 2. The van der Waals surface area contributed by atoms with Gasteiger partial charge in [-0.15, -0.1) is 0 Å². The zero-order valence-electron chi connectivity index (χ0n) is 11.0. The molecule has 4 nitrogen and oxygen atoms in total. The second kappa shape index (κ2) is 6.30. The number of hydrogen-bond acceptors (Lipinski definition) is 4. The average Bonchev–Trinajstić information content (AvgIpc) is 2.55. The van der Waals surface area contributed by atoms with E-state index in [0.29, 0.717) is 0 Å². The van der Waals surface area contributed by atoms with Crippen LogP contribution in [-0.4, -0.2) is 26.9 Å². The third-order valence-electron chi connectivity index (χ3n) is 2.99. The molecule has 0 saturated carbocycles. The molecule has 1 rings (SSSR count). The van der Waals surface area contributed by atoms with E-state index in [2.05, 4.69) is 24.8 Å². The molecule has 1 aliphatic heterocycles. The molecule has 1 fully saturated rings. The maximum atomic E-state index is 11.2. The van der Waals surface area contributed by atoms with Crippen molar-refractivity contribution in [1.29, 1.82) is 0 Å². The van der Waals surface area contributed by atoms with Crippen molar-refractivity contribution in [2.75, 3.05) is 6.61 Å². The summed E-state index contributed by atoms with van der Waals surface area (Å²) in [6, 6.07) is 1.03. The van der Waals surface area contributed by atoms with E-state index in [1.807, 2.05) is 0 Å². The summed E-state index contributed by atoms with van der Waals surface area (Å²) in [7, 11) is -1.57. The van der Waals surface area contributed by atoms with Gasteiger partial charge in [-0.1, -0.05) is 13.3 Å². The molecule has 0 bridgehead atoms. The fourth-order valence-corrected chi connectivity index (χ4v) is 3.92. The molecule has 5 heteroatoms. The van der Waals surface area contributed by atoms with Crippen LogP contribution in [0.4, 0.5) is 0 Å². The second-order valence-electron chi connectivity index (χ2n) is 5.19. The Hall–Kier alpha value is -0.683. The van der Waals surface area contributed by atoms with Crippen LogP contribution >= 0.6 is 0 Å². The highest BCUT2D eigenvalue weighted by Crippen LogP contribution is 2.24. The zero-order chi connectivity index (χ0) is 12.9. The first-order valence-electron chi connectivity index (χ1n) is 6.33. The van der Waals surface area contributed by atoms with Crippen molar-refractivity contribution in [1.82, 2.24) is 0 Å². The molecular weight excluding hydrogens is 236 g/mol. The molecule has 1 unspecified atom stereocenters. The number of carbonyl (C=O) groups is 2. The summed E-state index contributed by atoms with van der Waals surface area (Å²) < 4.78 is 10.4. The van der Waals surface area contributed by atoms with Crippen LogP contribution in [0.25, 0.3) is 0 Å². The molecule has 0 aromatic rings. The number of ether oxygens (including phenoxy) is 1. The van der Waals surface area contributed by atoms with E-state index < -0.39 is 8.32 Å². The maximum Gasteiger partial charge on any atom is 0.317 e. The van der Waals surface area contributed by atoms with Gasteiger partial charge in [-0.2, -0.15) is 0 Å². The lowest BCUT2D eigenvalue weighted by Crippen LogP contribution is -2.30. The summed E-state index contributed by atoms with van der Waals surface area (Å²) >= 11 is 0. The van der Waals surface area contributed by atoms with Crippen LogP contribution in [0.15, 0.2) is 0 Å². The third kappa shape index (κ3) is 5.00. The summed E-state index contributed by atoms with van der Waals surface area (Å²) in [4.78, 5) is 22.2. The van der Waals surface area contributed by atoms with E-state index in [9.17, 15) is 9.59 Å². The molecule has 0 aliphatic carbocycles. The maximum absolute atomic E-state index is 11.2. The molecule has 0 spiro atoms. The van der Waals surface area contributed by atoms with Crippen molar-refractivity contribution in [3.63, 3.8) is 0 Å². The molecule has 0 radical (unpaired) electrons. The van der Waals surface area contributed by atoms with Crippen LogP contribution in [0.2, 0.25) is 19.1 Å². The number of rotatable bonds is 7. The Morgan fingerprint density at radius 2 is 2.12 bits per heavy atom. The lowest BCUT2D eigenvalue weighted by Gasteiger charge is -2.22. The van der Waals surface area contributed by atoms with Gasteiger partial charge in [-0.25, -0.2) is 0 Å². The van der Waals surface area contributed by atoms with Gasteiger partial charge in [0.2, 0.25) is 0 Å². The van der Waals surface area contributed by atoms with Gasteiger partial charge in [0, 0.05) is 6.61 Å². The molecule has 1 atom stereocenters. The van der Waals surface area contributed by atoms with Crippen LogP contribution < -0.4 is 0 Å². The lowest BCUT2D eigenvalue weighted by molar-refractivity contribution is -0.153. The average molecular weight is 258 g/mol. The van der Waals surface area contributed by atoms with Crippen LogP contribution in [0, 0.1) is 5.92 Å². The van der Waals surface area contributed by atoms with E-state index in [4.69, 9.17) is 4.43 Å². The quantitative estimate of drug-likeness (QED) is 0.400. The topological polar surface area (TPSA) is 52.6 Å². The first kappa shape index (κ1) is 14.4. The zero-order valence-corrected chi connectivity index (χ0v) is 12.0. The molecular formula is C12H22O4Si. The predicted molar refractivity (Wildman–Crippen MR) is 67.0 cm³/mol. The third-order valence-corrected chi connectivity index (χ3v) is 5.53. The Bertz CT molecular complexity index is 288. The van der Waals surface area contributed by atoms with Crippen molar-refractivity contribution >= 4 is 20.3 Å².